The van der Waals surface area contributed by atoms with Crippen molar-refractivity contribution in [1.29, 1.82) is 0 Å². The first-order chi connectivity index (χ1) is 18.2. The number of amides is 2. The highest BCUT2D eigenvalue weighted by Gasteiger charge is 2.30. The quantitative estimate of drug-likeness (QED) is 0.482. The summed E-state index contributed by atoms with van der Waals surface area (Å²) in [4.78, 5) is 40.0. The molecule has 3 aliphatic rings. The summed E-state index contributed by atoms with van der Waals surface area (Å²) >= 11 is 1.76. The fraction of sp³-hybridized carbons (Fsp3) is 0.333. The lowest BCUT2D eigenvalue weighted by molar-refractivity contribution is -0.116. The molecule has 2 fully saturated rings. The number of fused-ring (bicyclic) bond motifs is 1. The molecule has 2 saturated heterocycles. The summed E-state index contributed by atoms with van der Waals surface area (Å²) in [5, 5.41) is 6.32. The molecule has 0 unspecified atom stereocenters. The van der Waals surface area contributed by atoms with Crippen molar-refractivity contribution in [2.75, 3.05) is 54.4 Å². The molecule has 10 heteroatoms. The predicted octanol–water partition coefficient (Wildman–Crippen LogP) is 3.46. The molecule has 5 heterocycles. The Morgan fingerprint density at radius 2 is 1.84 bits per heavy atom. The maximum absolute atomic E-state index is 13.2. The summed E-state index contributed by atoms with van der Waals surface area (Å²) < 4.78 is 2.37. The van der Waals surface area contributed by atoms with Gasteiger partial charge >= 0.3 is 0 Å². The molecular weight excluding hydrogens is 486 g/mol. The SMILES string of the molecule is O=C(Nc1cnccc1N1CCNCC1)c1cccc(N2C(=O)Cc3cc(SN4CCCC4)ccc32)n1. The van der Waals surface area contributed by atoms with Gasteiger partial charge in [0, 0.05) is 50.4 Å². The molecule has 0 radical (unpaired) electrons. The lowest BCUT2D eigenvalue weighted by atomic mass is 10.2. The van der Waals surface area contributed by atoms with Crippen LogP contribution < -0.4 is 20.4 Å². The molecule has 0 saturated carbocycles. The lowest BCUT2D eigenvalue weighted by Crippen LogP contribution is -2.43. The number of pyridine rings is 2. The number of carbonyl (C=O) groups is 2. The second-order valence-corrected chi connectivity index (χ2v) is 10.6. The highest BCUT2D eigenvalue weighted by Crippen LogP contribution is 2.38. The van der Waals surface area contributed by atoms with Crippen molar-refractivity contribution in [3.63, 3.8) is 0 Å². The van der Waals surface area contributed by atoms with Crippen molar-refractivity contribution >= 4 is 46.6 Å². The van der Waals surface area contributed by atoms with Crippen LogP contribution in [0.5, 0.6) is 0 Å². The van der Waals surface area contributed by atoms with E-state index in [1.54, 1.807) is 47.4 Å². The number of aromatic nitrogens is 2. The van der Waals surface area contributed by atoms with Crippen molar-refractivity contribution in [1.82, 2.24) is 19.6 Å². The Morgan fingerprint density at radius 3 is 2.68 bits per heavy atom. The number of nitrogens with one attached hydrogen (secondary N) is 2. The minimum atomic E-state index is -0.338. The number of anilines is 4. The van der Waals surface area contributed by atoms with Crippen LogP contribution in [0.25, 0.3) is 0 Å². The van der Waals surface area contributed by atoms with Gasteiger partial charge in [-0.2, -0.15) is 0 Å². The van der Waals surface area contributed by atoms with Gasteiger partial charge in [-0.25, -0.2) is 9.29 Å². The molecule has 2 aromatic heterocycles. The molecule has 0 aliphatic carbocycles. The van der Waals surface area contributed by atoms with E-state index in [0.29, 0.717) is 17.9 Å². The van der Waals surface area contributed by atoms with Gasteiger partial charge in [-0.3, -0.25) is 19.5 Å². The van der Waals surface area contributed by atoms with E-state index in [1.165, 1.54) is 12.8 Å². The van der Waals surface area contributed by atoms with Crippen LogP contribution in [0.15, 0.2) is 59.8 Å². The van der Waals surface area contributed by atoms with Crippen LogP contribution in [-0.4, -0.2) is 65.4 Å². The maximum Gasteiger partial charge on any atom is 0.274 e. The Morgan fingerprint density at radius 1 is 1.00 bits per heavy atom. The molecule has 1 aromatic carbocycles. The number of piperazine rings is 1. The minimum Gasteiger partial charge on any atom is -0.367 e. The van der Waals surface area contributed by atoms with E-state index in [4.69, 9.17) is 0 Å². The summed E-state index contributed by atoms with van der Waals surface area (Å²) in [7, 11) is 0. The van der Waals surface area contributed by atoms with Crippen molar-refractivity contribution in [2.45, 2.75) is 24.2 Å². The number of nitrogens with zero attached hydrogens (tertiary/aromatic N) is 5. The highest BCUT2D eigenvalue weighted by molar-refractivity contribution is 7.97. The largest absolute Gasteiger partial charge is 0.367 e. The first kappa shape index (κ1) is 23.9. The first-order valence-electron chi connectivity index (χ1n) is 12.7. The average Bonchev–Trinajstić information content (AvgIpc) is 3.56. The summed E-state index contributed by atoms with van der Waals surface area (Å²) in [6.45, 7) is 5.69. The van der Waals surface area contributed by atoms with Crippen molar-refractivity contribution in [2.24, 2.45) is 0 Å². The standard InChI is InChI=1S/C27H29N7O2S/c35-26-17-19-16-20(37-33-12-1-2-13-33)6-7-23(19)34(26)25-5-3-4-21(30-25)27(36)31-22-18-29-9-8-24(22)32-14-10-28-11-15-32/h3-9,16,18,28H,1-2,10-15,17H2,(H,31,36). The zero-order chi connectivity index (χ0) is 25.2. The number of benzene rings is 1. The van der Waals surface area contributed by atoms with E-state index in [1.807, 2.05) is 12.1 Å². The van der Waals surface area contributed by atoms with Crippen molar-refractivity contribution in [3.05, 3.63) is 66.1 Å². The van der Waals surface area contributed by atoms with Gasteiger partial charge in [0.25, 0.3) is 5.91 Å². The Labute approximate surface area is 220 Å². The third-order valence-electron chi connectivity index (χ3n) is 6.88. The summed E-state index contributed by atoms with van der Waals surface area (Å²) in [6, 6.07) is 13.3. The van der Waals surface area contributed by atoms with Gasteiger partial charge in [0.15, 0.2) is 0 Å². The molecule has 0 bridgehead atoms. The molecule has 3 aliphatic heterocycles. The smallest absolute Gasteiger partial charge is 0.274 e. The van der Waals surface area contributed by atoms with E-state index in [2.05, 4.69) is 41.9 Å². The second kappa shape index (κ2) is 10.5. The van der Waals surface area contributed by atoms with Crippen LogP contribution in [0.3, 0.4) is 0 Å². The van der Waals surface area contributed by atoms with Crippen LogP contribution in [-0.2, 0) is 11.2 Å². The van der Waals surface area contributed by atoms with Crippen molar-refractivity contribution < 1.29 is 9.59 Å². The molecule has 2 N–H and O–H groups in total. The molecule has 9 nitrogen and oxygen atoms in total. The van der Waals surface area contributed by atoms with Crippen LogP contribution in [0.2, 0.25) is 0 Å². The second-order valence-electron chi connectivity index (χ2n) is 9.39. The topological polar surface area (TPSA) is 93.7 Å². The zero-order valence-electron chi connectivity index (χ0n) is 20.5. The first-order valence-corrected chi connectivity index (χ1v) is 13.5. The van der Waals surface area contributed by atoms with Gasteiger partial charge in [0.1, 0.15) is 11.5 Å². The molecule has 37 heavy (non-hydrogen) atoms. The normalized spacial score (nSPS) is 17.8. The van der Waals surface area contributed by atoms with Crippen LogP contribution in [0, 0.1) is 0 Å². The Balaban J connectivity index is 1.21. The van der Waals surface area contributed by atoms with Crippen molar-refractivity contribution in [3.8, 4) is 0 Å². The third-order valence-corrected chi connectivity index (χ3v) is 7.97. The van der Waals surface area contributed by atoms with E-state index < -0.39 is 0 Å². The monoisotopic (exact) mass is 515 g/mol. The van der Waals surface area contributed by atoms with Gasteiger partial charge in [0.05, 0.1) is 29.7 Å². The Hall–Kier alpha value is -3.47. The van der Waals surface area contributed by atoms with E-state index in [0.717, 1.165) is 61.1 Å². The fourth-order valence-electron chi connectivity index (χ4n) is 5.06. The van der Waals surface area contributed by atoms with Crippen LogP contribution in [0.1, 0.15) is 28.9 Å². The van der Waals surface area contributed by atoms with E-state index >= 15 is 0 Å². The molecule has 3 aromatic rings. The molecule has 0 atom stereocenters. The Kier molecular flexibility index (Phi) is 6.77. The third kappa shape index (κ3) is 5.04. The maximum atomic E-state index is 13.2. The number of rotatable bonds is 6. The van der Waals surface area contributed by atoms with Gasteiger partial charge in [0.2, 0.25) is 5.91 Å². The number of hydrogen-bond acceptors (Lipinski definition) is 8. The minimum absolute atomic E-state index is 0.0448. The van der Waals surface area contributed by atoms with Crippen LogP contribution in [0.4, 0.5) is 22.9 Å². The molecule has 0 spiro atoms. The number of hydrogen-bond donors (Lipinski definition) is 2. The average molecular weight is 516 g/mol. The van der Waals surface area contributed by atoms with Crippen LogP contribution >= 0.6 is 11.9 Å². The number of carbonyl (C=O) groups excluding carboxylic acids is 2. The lowest BCUT2D eigenvalue weighted by Gasteiger charge is -2.30. The summed E-state index contributed by atoms with van der Waals surface area (Å²) in [6.07, 6.45) is 6.19. The molecular formula is C27H29N7O2S. The van der Waals surface area contributed by atoms with E-state index in [9.17, 15) is 9.59 Å². The van der Waals surface area contributed by atoms with Gasteiger partial charge in [-0.05, 0) is 66.8 Å². The molecule has 2 amide bonds. The van der Waals surface area contributed by atoms with E-state index in [-0.39, 0.29) is 17.5 Å². The summed E-state index contributed by atoms with van der Waals surface area (Å²) in [5.41, 5.74) is 3.64. The fourth-order valence-corrected chi connectivity index (χ4v) is 6.12. The molecule has 190 valence electrons. The Bertz CT molecular complexity index is 1320. The zero-order valence-corrected chi connectivity index (χ0v) is 21.3. The highest BCUT2D eigenvalue weighted by atomic mass is 32.2. The van der Waals surface area contributed by atoms with Gasteiger partial charge < -0.3 is 15.5 Å². The molecule has 6 rings (SSSR count). The predicted molar refractivity (Wildman–Crippen MR) is 145 cm³/mol. The van der Waals surface area contributed by atoms with Gasteiger partial charge in [-0.1, -0.05) is 6.07 Å². The van der Waals surface area contributed by atoms with Gasteiger partial charge in [-0.15, -0.1) is 0 Å². The summed E-state index contributed by atoms with van der Waals surface area (Å²) in [5.74, 6) is 0.0666.